The molecule has 1 rings (SSSR count). The summed E-state index contributed by atoms with van der Waals surface area (Å²) < 4.78 is 29.4. The highest BCUT2D eigenvalue weighted by atomic mass is 19.3. The molecule has 0 saturated carbocycles. The molecular weight excluding hydrogens is 154 g/mol. The van der Waals surface area contributed by atoms with Crippen LogP contribution in [0.5, 0.6) is 0 Å². The summed E-state index contributed by atoms with van der Waals surface area (Å²) in [6.45, 7) is -0.667. The number of hydrogen-bond acceptors (Lipinski definition) is 3. The van der Waals surface area contributed by atoms with Crippen molar-refractivity contribution in [3.63, 3.8) is 0 Å². The molecule has 0 fully saturated rings. The second-order valence-electron chi connectivity index (χ2n) is 2.23. The normalized spacial score (nSPS) is 11.9. The number of rotatable bonds is 3. The summed E-state index contributed by atoms with van der Waals surface area (Å²) in [7, 11) is 0. The zero-order valence-corrected chi connectivity index (χ0v) is 5.76. The van der Waals surface area contributed by atoms with E-state index in [9.17, 15) is 8.78 Å². The topological polar surface area (TPSA) is 52.0 Å². The van der Waals surface area contributed by atoms with Crippen molar-refractivity contribution in [3.05, 3.63) is 18.0 Å². The average molecular weight is 162 g/mol. The van der Waals surface area contributed by atoms with Gasteiger partial charge >= 0.3 is 0 Å². The molecule has 0 aromatic carbocycles. The molecule has 0 atom stereocenters. The van der Waals surface area contributed by atoms with Crippen LogP contribution in [0.1, 0.15) is 5.69 Å². The smallest absolute Gasteiger partial charge is 0.265 e. The van der Waals surface area contributed by atoms with Crippen LogP contribution in [0.4, 0.5) is 8.78 Å². The van der Waals surface area contributed by atoms with Crippen LogP contribution >= 0.6 is 0 Å². The molecule has 11 heavy (non-hydrogen) atoms. The third-order valence-electron chi connectivity index (χ3n) is 1.23. The van der Waals surface area contributed by atoms with Crippen molar-refractivity contribution in [3.8, 4) is 0 Å². The Kier molecular flexibility index (Phi) is 2.19. The van der Waals surface area contributed by atoms with E-state index in [0.29, 0.717) is 0 Å². The molecule has 2 N–H and O–H groups in total. The molecule has 0 aliphatic rings. The Morgan fingerprint density at radius 1 is 1.64 bits per heavy atom. The van der Waals surface area contributed by atoms with E-state index in [2.05, 4.69) is 9.68 Å². The van der Waals surface area contributed by atoms with Gasteiger partial charge in [-0.25, -0.2) is 8.78 Å². The van der Waals surface area contributed by atoms with E-state index in [4.69, 9.17) is 5.73 Å². The minimum Gasteiger partial charge on any atom is -0.365 e. The number of nitrogens with two attached hydrogens (primary N) is 1. The lowest BCUT2D eigenvalue weighted by Crippen LogP contribution is -2.30. The van der Waals surface area contributed by atoms with Crippen LogP contribution in [0.15, 0.2) is 16.9 Å². The lowest BCUT2D eigenvalue weighted by molar-refractivity contribution is 0.00987. The summed E-state index contributed by atoms with van der Waals surface area (Å²) in [6.07, 6.45) is 0.794. The van der Waals surface area contributed by atoms with Gasteiger partial charge < -0.3 is 10.3 Å². The first kappa shape index (κ1) is 8.13. The molecule has 0 bridgehead atoms. The van der Waals surface area contributed by atoms with Crippen LogP contribution < -0.4 is 5.73 Å². The third kappa shape index (κ3) is 2.27. The van der Waals surface area contributed by atoms with Crippen molar-refractivity contribution in [1.82, 2.24) is 5.16 Å². The van der Waals surface area contributed by atoms with E-state index in [-0.39, 0.29) is 5.69 Å². The lowest BCUT2D eigenvalue weighted by atomic mass is 10.2. The fraction of sp³-hybridized carbons (Fsp3) is 0.500. The second kappa shape index (κ2) is 2.96. The van der Waals surface area contributed by atoms with E-state index in [1.165, 1.54) is 12.3 Å². The number of hydrogen-bond donors (Lipinski definition) is 1. The average Bonchev–Trinajstić information content (AvgIpc) is 2.39. The van der Waals surface area contributed by atoms with Gasteiger partial charge in [0.15, 0.2) is 0 Å². The largest absolute Gasteiger partial charge is 0.365 e. The molecule has 1 heterocycles. The molecular formula is C6H8F2N2O. The van der Waals surface area contributed by atoms with Gasteiger partial charge in [-0.15, -0.1) is 0 Å². The Hall–Kier alpha value is -0.970. The highest BCUT2D eigenvalue weighted by Gasteiger charge is 2.28. The van der Waals surface area contributed by atoms with Gasteiger partial charge in [-0.1, -0.05) is 5.16 Å². The molecule has 0 spiro atoms. The van der Waals surface area contributed by atoms with E-state index in [1.807, 2.05) is 0 Å². The third-order valence-corrected chi connectivity index (χ3v) is 1.23. The first-order chi connectivity index (χ1) is 5.14. The molecule has 5 heteroatoms. The molecule has 0 amide bonds. The SMILES string of the molecule is NCC(F)(F)Cc1ccon1. The van der Waals surface area contributed by atoms with Crippen molar-refractivity contribution in [2.45, 2.75) is 12.3 Å². The van der Waals surface area contributed by atoms with E-state index >= 15 is 0 Å². The van der Waals surface area contributed by atoms with Crippen LogP contribution in [0.25, 0.3) is 0 Å². The maximum Gasteiger partial charge on any atom is 0.265 e. The van der Waals surface area contributed by atoms with Crippen molar-refractivity contribution < 1.29 is 13.3 Å². The summed E-state index contributed by atoms with van der Waals surface area (Å²) in [5.41, 5.74) is 5.04. The van der Waals surface area contributed by atoms with Crippen LogP contribution in [0.3, 0.4) is 0 Å². The van der Waals surface area contributed by atoms with Gasteiger partial charge in [0.25, 0.3) is 5.92 Å². The predicted octanol–water partition coefficient (Wildman–Crippen LogP) is 0.811. The first-order valence-corrected chi connectivity index (χ1v) is 3.11. The molecule has 0 saturated heterocycles. The highest BCUT2D eigenvalue weighted by Crippen LogP contribution is 2.16. The van der Waals surface area contributed by atoms with Gasteiger partial charge in [0, 0.05) is 6.07 Å². The Morgan fingerprint density at radius 3 is 2.82 bits per heavy atom. The van der Waals surface area contributed by atoms with Gasteiger partial charge in [-0.2, -0.15) is 0 Å². The van der Waals surface area contributed by atoms with Gasteiger partial charge in [0.2, 0.25) is 0 Å². The lowest BCUT2D eigenvalue weighted by Gasteiger charge is -2.10. The molecule has 1 aromatic rings. The number of aromatic nitrogens is 1. The summed E-state index contributed by atoms with van der Waals surface area (Å²) >= 11 is 0. The monoisotopic (exact) mass is 162 g/mol. The summed E-state index contributed by atoms with van der Waals surface area (Å²) in [5, 5.41) is 3.34. The second-order valence-corrected chi connectivity index (χ2v) is 2.23. The van der Waals surface area contributed by atoms with Crippen molar-refractivity contribution >= 4 is 0 Å². The molecule has 0 aliphatic heterocycles. The minimum atomic E-state index is -2.88. The van der Waals surface area contributed by atoms with Gasteiger partial charge in [0.1, 0.15) is 6.26 Å². The standard InChI is InChI=1S/C6H8F2N2O/c7-6(8,4-9)3-5-1-2-11-10-5/h1-2H,3-4,9H2. The van der Waals surface area contributed by atoms with E-state index in [0.717, 1.165) is 0 Å². The highest BCUT2D eigenvalue weighted by molar-refractivity contribution is 4.99. The molecule has 0 unspecified atom stereocenters. The molecule has 62 valence electrons. The van der Waals surface area contributed by atoms with Gasteiger partial charge in [-0.3, -0.25) is 0 Å². The van der Waals surface area contributed by atoms with Crippen LogP contribution in [-0.2, 0) is 6.42 Å². The fourth-order valence-electron chi connectivity index (χ4n) is 0.666. The maximum atomic E-state index is 12.5. The maximum absolute atomic E-state index is 12.5. The van der Waals surface area contributed by atoms with E-state index < -0.39 is 18.9 Å². The van der Waals surface area contributed by atoms with Crippen molar-refractivity contribution in [1.29, 1.82) is 0 Å². The van der Waals surface area contributed by atoms with Crippen LogP contribution in [0, 0.1) is 0 Å². The summed E-state index contributed by atoms with van der Waals surface area (Å²) in [4.78, 5) is 0. The Bertz CT molecular complexity index is 210. The molecule has 0 radical (unpaired) electrons. The number of halogens is 2. The summed E-state index contributed by atoms with van der Waals surface area (Å²) in [5.74, 6) is -2.88. The first-order valence-electron chi connectivity index (χ1n) is 3.11. The fourth-order valence-corrected chi connectivity index (χ4v) is 0.666. The van der Waals surface area contributed by atoms with Crippen LogP contribution in [0.2, 0.25) is 0 Å². The number of nitrogens with zero attached hydrogens (tertiary/aromatic N) is 1. The number of alkyl halides is 2. The predicted molar refractivity (Wildman–Crippen MR) is 34.2 cm³/mol. The minimum absolute atomic E-state index is 0.223. The quantitative estimate of drug-likeness (QED) is 0.715. The Morgan fingerprint density at radius 2 is 2.36 bits per heavy atom. The Labute approximate surface area is 62.2 Å². The molecule has 3 nitrogen and oxygen atoms in total. The molecule has 1 aromatic heterocycles. The summed E-state index contributed by atoms with van der Waals surface area (Å²) in [6, 6.07) is 1.39. The van der Waals surface area contributed by atoms with Crippen molar-refractivity contribution in [2.75, 3.05) is 6.54 Å². The zero-order valence-electron chi connectivity index (χ0n) is 5.76. The van der Waals surface area contributed by atoms with Gasteiger partial charge in [-0.05, 0) is 0 Å². The van der Waals surface area contributed by atoms with Crippen molar-refractivity contribution in [2.24, 2.45) is 5.73 Å². The Balaban J connectivity index is 2.56. The van der Waals surface area contributed by atoms with E-state index in [1.54, 1.807) is 0 Å². The van der Waals surface area contributed by atoms with Crippen LogP contribution in [-0.4, -0.2) is 17.6 Å². The zero-order chi connectivity index (χ0) is 8.32. The molecule has 0 aliphatic carbocycles. The van der Waals surface area contributed by atoms with Gasteiger partial charge in [0.05, 0.1) is 18.7 Å².